The molecule has 2 atom stereocenters. The van der Waals surface area contributed by atoms with Gasteiger partial charge >= 0.3 is 0 Å². The Hall–Kier alpha value is -1.47. The van der Waals surface area contributed by atoms with Crippen LogP contribution in [0, 0.1) is 0 Å². The van der Waals surface area contributed by atoms with Gasteiger partial charge in [0.25, 0.3) is 0 Å². The van der Waals surface area contributed by atoms with E-state index in [4.69, 9.17) is 4.52 Å². The van der Waals surface area contributed by atoms with E-state index in [0.717, 1.165) is 44.2 Å². The SMILES string of the molecule is CN1CCC(N2CCC(N(C)Cc3noc(C4CC4)n3)C2)C1=O. The van der Waals surface area contributed by atoms with Gasteiger partial charge < -0.3 is 9.42 Å². The Morgan fingerprint density at radius 1 is 1.26 bits per heavy atom. The van der Waals surface area contributed by atoms with Gasteiger partial charge in [0, 0.05) is 38.6 Å². The largest absolute Gasteiger partial charge is 0.344 e. The van der Waals surface area contributed by atoms with Crippen LogP contribution in [-0.2, 0) is 11.3 Å². The minimum absolute atomic E-state index is 0.0880. The van der Waals surface area contributed by atoms with Crippen LogP contribution in [0.4, 0.5) is 0 Å². The summed E-state index contributed by atoms with van der Waals surface area (Å²) in [4.78, 5) is 23.2. The first-order chi connectivity index (χ1) is 11.1. The van der Waals surface area contributed by atoms with E-state index >= 15 is 0 Å². The van der Waals surface area contributed by atoms with Gasteiger partial charge in [0.15, 0.2) is 5.82 Å². The van der Waals surface area contributed by atoms with Gasteiger partial charge in [-0.3, -0.25) is 14.6 Å². The quantitative estimate of drug-likeness (QED) is 0.795. The van der Waals surface area contributed by atoms with Crippen molar-refractivity contribution in [1.29, 1.82) is 0 Å². The molecular weight excluding hydrogens is 294 g/mol. The van der Waals surface area contributed by atoms with Crippen molar-refractivity contribution >= 4 is 5.91 Å². The molecule has 4 rings (SSSR count). The van der Waals surface area contributed by atoms with Gasteiger partial charge in [0.05, 0.1) is 12.6 Å². The lowest BCUT2D eigenvalue weighted by molar-refractivity contribution is -0.130. The second-order valence-corrected chi connectivity index (χ2v) is 7.24. The number of likely N-dealkylation sites (N-methyl/N-ethyl adjacent to an activating group) is 2. The summed E-state index contributed by atoms with van der Waals surface area (Å²) in [5.74, 6) is 2.38. The molecule has 0 bridgehead atoms. The third kappa shape index (κ3) is 2.99. The van der Waals surface area contributed by atoms with Crippen molar-refractivity contribution in [3.63, 3.8) is 0 Å². The second-order valence-electron chi connectivity index (χ2n) is 7.24. The molecule has 2 unspecified atom stereocenters. The number of hydrogen-bond acceptors (Lipinski definition) is 6. The monoisotopic (exact) mass is 319 g/mol. The Labute approximate surface area is 136 Å². The van der Waals surface area contributed by atoms with Gasteiger partial charge in [-0.2, -0.15) is 4.98 Å². The lowest BCUT2D eigenvalue weighted by Gasteiger charge is -2.25. The van der Waals surface area contributed by atoms with Crippen LogP contribution in [0.3, 0.4) is 0 Å². The molecule has 1 aliphatic carbocycles. The molecule has 3 aliphatic rings. The zero-order valence-electron chi connectivity index (χ0n) is 13.9. The minimum Gasteiger partial charge on any atom is -0.344 e. The molecule has 1 aromatic rings. The van der Waals surface area contributed by atoms with Crippen LogP contribution < -0.4 is 0 Å². The molecule has 0 aromatic carbocycles. The van der Waals surface area contributed by atoms with E-state index in [2.05, 4.69) is 27.0 Å². The maximum Gasteiger partial charge on any atom is 0.239 e. The number of rotatable bonds is 5. The van der Waals surface area contributed by atoms with Crippen molar-refractivity contribution in [2.45, 2.75) is 50.2 Å². The maximum atomic E-state index is 12.2. The molecule has 7 heteroatoms. The Morgan fingerprint density at radius 3 is 2.78 bits per heavy atom. The van der Waals surface area contributed by atoms with E-state index in [9.17, 15) is 4.79 Å². The molecule has 3 fully saturated rings. The predicted octanol–water partition coefficient (Wildman–Crippen LogP) is 0.684. The zero-order valence-corrected chi connectivity index (χ0v) is 13.9. The number of hydrogen-bond donors (Lipinski definition) is 0. The first-order valence-electron chi connectivity index (χ1n) is 8.63. The highest BCUT2D eigenvalue weighted by atomic mass is 16.5. The predicted molar refractivity (Wildman–Crippen MR) is 83.8 cm³/mol. The van der Waals surface area contributed by atoms with E-state index in [1.807, 2.05) is 11.9 Å². The summed E-state index contributed by atoms with van der Waals surface area (Å²) in [6.45, 7) is 3.55. The summed E-state index contributed by atoms with van der Waals surface area (Å²) in [7, 11) is 4.01. The van der Waals surface area contributed by atoms with Crippen molar-refractivity contribution in [2.24, 2.45) is 0 Å². The number of nitrogens with zero attached hydrogens (tertiary/aromatic N) is 5. The standard InChI is InChI=1S/C16H25N5O2/c1-19-7-6-13(16(19)22)21-8-5-12(9-21)20(2)10-14-17-15(23-18-14)11-3-4-11/h11-13H,3-10H2,1-2H3. The number of likely N-dealkylation sites (tertiary alicyclic amines) is 2. The van der Waals surface area contributed by atoms with Gasteiger partial charge in [0.1, 0.15) is 0 Å². The van der Waals surface area contributed by atoms with E-state index in [1.54, 1.807) is 0 Å². The van der Waals surface area contributed by atoms with E-state index < -0.39 is 0 Å². The summed E-state index contributed by atoms with van der Waals surface area (Å²) in [6, 6.07) is 0.543. The van der Waals surface area contributed by atoms with Gasteiger partial charge in [-0.05, 0) is 32.7 Å². The fourth-order valence-electron chi connectivity index (χ4n) is 3.73. The first kappa shape index (κ1) is 15.1. The van der Waals surface area contributed by atoms with E-state index in [0.29, 0.717) is 18.5 Å². The summed E-state index contributed by atoms with van der Waals surface area (Å²) in [5.41, 5.74) is 0. The Bertz CT molecular complexity index is 585. The molecule has 7 nitrogen and oxygen atoms in total. The van der Waals surface area contributed by atoms with Crippen LogP contribution in [0.2, 0.25) is 0 Å². The third-order valence-electron chi connectivity index (χ3n) is 5.46. The molecule has 0 N–H and O–H groups in total. The summed E-state index contributed by atoms with van der Waals surface area (Å²) >= 11 is 0. The molecule has 1 amide bonds. The number of carbonyl (C=O) groups is 1. The Kier molecular flexibility index (Phi) is 3.85. The third-order valence-corrected chi connectivity index (χ3v) is 5.46. The lowest BCUT2D eigenvalue weighted by atomic mass is 10.2. The average Bonchev–Trinajstić information content (AvgIpc) is 2.94. The number of carbonyl (C=O) groups excluding carboxylic acids is 1. The summed E-state index contributed by atoms with van der Waals surface area (Å²) < 4.78 is 5.33. The molecule has 2 aliphatic heterocycles. The fraction of sp³-hybridized carbons (Fsp3) is 0.812. The molecular formula is C16H25N5O2. The van der Waals surface area contributed by atoms with Crippen molar-refractivity contribution in [3.8, 4) is 0 Å². The summed E-state index contributed by atoms with van der Waals surface area (Å²) in [6.07, 6.45) is 4.41. The molecule has 0 radical (unpaired) electrons. The first-order valence-corrected chi connectivity index (χ1v) is 8.63. The topological polar surface area (TPSA) is 65.7 Å². The second kappa shape index (κ2) is 5.87. The van der Waals surface area contributed by atoms with E-state index in [1.165, 1.54) is 12.8 Å². The smallest absolute Gasteiger partial charge is 0.239 e. The zero-order chi connectivity index (χ0) is 16.0. The van der Waals surface area contributed by atoms with Crippen LogP contribution >= 0.6 is 0 Å². The minimum atomic E-state index is 0.0880. The molecule has 2 saturated heterocycles. The molecule has 0 spiro atoms. The normalized spacial score (nSPS) is 29.2. The van der Waals surface area contributed by atoms with Crippen LogP contribution in [0.1, 0.15) is 43.3 Å². The van der Waals surface area contributed by atoms with Crippen LogP contribution in [-0.4, -0.2) is 76.6 Å². The van der Waals surface area contributed by atoms with Gasteiger partial charge in [0.2, 0.25) is 11.8 Å². The van der Waals surface area contributed by atoms with Crippen LogP contribution in [0.25, 0.3) is 0 Å². The van der Waals surface area contributed by atoms with Crippen LogP contribution in [0.5, 0.6) is 0 Å². The molecule has 3 heterocycles. The molecule has 23 heavy (non-hydrogen) atoms. The Balaban J connectivity index is 1.32. The highest BCUT2D eigenvalue weighted by Crippen LogP contribution is 2.38. The molecule has 126 valence electrons. The van der Waals surface area contributed by atoms with Gasteiger partial charge in [-0.1, -0.05) is 5.16 Å². The van der Waals surface area contributed by atoms with Crippen molar-refractivity contribution in [1.82, 2.24) is 24.8 Å². The average molecular weight is 319 g/mol. The number of aromatic nitrogens is 2. The van der Waals surface area contributed by atoms with Gasteiger partial charge in [-0.25, -0.2) is 0 Å². The van der Waals surface area contributed by atoms with Gasteiger partial charge in [-0.15, -0.1) is 0 Å². The Morgan fingerprint density at radius 2 is 2.09 bits per heavy atom. The number of amides is 1. The van der Waals surface area contributed by atoms with Crippen molar-refractivity contribution in [3.05, 3.63) is 11.7 Å². The highest BCUT2D eigenvalue weighted by molar-refractivity contribution is 5.83. The fourth-order valence-corrected chi connectivity index (χ4v) is 3.73. The molecule has 1 saturated carbocycles. The summed E-state index contributed by atoms with van der Waals surface area (Å²) in [5, 5.41) is 4.11. The molecule has 1 aromatic heterocycles. The van der Waals surface area contributed by atoms with E-state index in [-0.39, 0.29) is 11.9 Å². The van der Waals surface area contributed by atoms with Crippen molar-refractivity contribution < 1.29 is 9.32 Å². The maximum absolute atomic E-state index is 12.2. The van der Waals surface area contributed by atoms with Crippen molar-refractivity contribution in [2.75, 3.05) is 33.7 Å². The highest BCUT2D eigenvalue weighted by Gasteiger charge is 2.38. The lowest BCUT2D eigenvalue weighted by Crippen LogP contribution is -2.42. The van der Waals surface area contributed by atoms with Crippen LogP contribution in [0.15, 0.2) is 4.52 Å².